The van der Waals surface area contributed by atoms with Gasteiger partial charge >= 0.3 is 5.97 Å². The van der Waals surface area contributed by atoms with E-state index in [1.54, 1.807) is 37.5 Å². The molecule has 7 nitrogen and oxygen atoms in total. The van der Waals surface area contributed by atoms with E-state index in [0.29, 0.717) is 38.3 Å². The molecular formula is C22H25NO6S. The lowest BCUT2D eigenvalue weighted by molar-refractivity contribution is -0.137. The highest BCUT2D eigenvalue weighted by Crippen LogP contribution is 2.18. The summed E-state index contributed by atoms with van der Waals surface area (Å²) in [5.41, 5.74) is 1.76. The molecule has 0 saturated carbocycles. The Balaban J connectivity index is 1.49. The third-order valence-corrected chi connectivity index (χ3v) is 6.61. The van der Waals surface area contributed by atoms with Gasteiger partial charge in [0.2, 0.25) is 10.0 Å². The van der Waals surface area contributed by atoms with Crippen molar-refractivity contribution in [3.05, 3.63) is 65.7 Å². The van der Waals surface area contributed by atoms with Gasteiger partial charge < -0.3 is 14.2 Å². The van der Waals surface area contributed by atoms with Crippen LogP contribution >= 0.6 is 0 Å². The zero-order valence-corrected chi connectivity index (χ0v) is 17.6. The maximum atomic E-state index is 12.6. The number of ether oxygens (including phenoxy) is 3. The van der Waals surface area contributed by atoms with Crippen LogP contribution in [0.1, 0.15) is 11.1 Å². The lowest BCUT2D eigenvalue weighted by atomic mass is 10.1. The molecule has 1 aliphatic rings. The summed E-state index contributed by atoms with van der Waals surface area (Å²) >= 11 is 0. The van der Waals surface area contributed by atoms with Crippen LogP contribution in [0.3, 0.4) is 0 Å². The number of hydrogen-bond donors (Lipinski definition) is 0. The van der Waals surface area contributed by atoms with Crippen LogP contribution in [0.25, 0.3) is 6.08 Å². The highest BCUT2D eigenvalue weighted by Gasteiger charge is 2.25. The average molecular weight is 432 g/mol. The van der Waals surface area contributed by atoms with E-state index in [4.69, 9.17) is 14.2 Å². The molecule has 1 saturated heterocycles. The number of morpholine rings is 1. The number of nitrogens with zero attached hydrogens (tertiary/aromatic N) is 1. The Morgan fingerprint density at radius 3 is 2.37 bits per heavy atom. The molecule has 8 heteroatoms. The summed E-state index contributed by atoms with van der Waals surface area (Å²) in [6, 6.07) is 14.0. The normalized spacial score (nSPS) is 15.2. The monoisotopic (exact) mass is 431 g/mol. The van der Waals surface area contributed by atoms with Gasteiger partial charge in [0.05, 0.1) is 31.8 Å². The van der Waals surface area contributed by atoms with E-state index < -0.39 is 16.0 Å². The quantitative estimate of drug-likeness (QED) is 0.472. The second kappa shape index (κ2) is 10.4. The number of esters is 1. The molecule has 0 bridgehead atoms. The number of methoxy groups -OCH3 is 1. The van der Waals surface area contributed by atoms with Crippen molar-refractivity contribution in [2.45, 2.75) is 11.3 Å². The third-order valence-electron chi connectivity index (χ3n) is 4.69. The summed E-state index contributed by atoms with van der Waals surface area (Å²) in [6.45, 7) is 1.78. The van der Waals surface area contributed by atoms with Crippen molar-refractivity contribution in [1.82, 2.24) is 4.31 Å². The largest absolute Gasteiger partial charge is 0.497 e. The van der Waals surface area contributed by atoms with E-state index >= 15 is 0 Å². The van der Waals surface area contributed by atoms with Crippen LogP contribution in [-0.2, 0) is 30.7 Å². The lowest BCUT2D eigenvalue weighted by Gasteiger charge is -2.26. The topological polar surface area (TPSA) is 82.1 Å². The van der Waals surface area contributed by atoms with Gasteiger partial charge in [-0.15, -0.1) is 0 Å². The first kappa shape index (κ1) is 22.0. The molecule has 1 aliphatic heterocycles. The first-order chi connectivity index (χ1) is 14.5. The maximum Gasteiger partial charge on any atom is 0.330 e. The van der Waals surface area contributed by atoms with Crippen LogP contribution in [0.15, 0.2) is 59.5 Å². The summed E-state index contributed by atoms with van der Waals surface area (Å²) in [5, 5.41) is 0. The highest BCUT2D eigenvalue weighted by atomic mass is 32.2. The van der Waals surface area contributed by atoms with Crippen molar-refractivity contribution >= 4 is 22.1 Å². The minimum Gasteiger partial charge on any atom is -0.497 e. The molecule has 3 rings (SSSR count). The Morgan fingerprint density at radius 1 is 1.07 bits per heavy atom. The summed E-state index contributed by atoms with van der Waals surface area (Å²) < 4.78 is 42.2. The van der Waals surface area contributed by atoms with Gasteiger partial charge in [-0.1, -0.05) is 24.3 Å². The SMILES string of the molecule is COc1ccc(CCOC(=O)/C=C/c2ccc(S(=O)(=O)N3CCOCC3)cc2)cc1. The first-order valence-corrected chi connectivity index (χ1v) is 11.1. The Bertz CT molecular complexity index is 962. The Hall–Kier alpha value is -2.68. The van der Waals surface area contributed by atoms with Crippen LogP contribution in [0.5, 0.6) is 5.75 Å². The molecule has 0 spiro atoms. The van der Waals surface area contributed by atoms with E-state index in [9.17, 15) is 13.2 Å². The van der Waals surface area contributed by atoms with Crippen molar-refractivity contribution in [2.24, 2.45) is 0 Å². The number of carbonyl (C=O) groups excluding carboxylic acids is 1. The predicted molar refractivity (Wildman–Crippen MR) is 113 cm³/mol. The Morgan fingerprint density at radius 2 is 1.73 bits per heavy atom. The fourth-order valence-corrected chi connectivity index (χ4v) is 4.37. The van der Waals surface area contributed by atoms with Gasteiger partial charge in [0, 0.05) is 25.6 Å². The number of rotatable bonds is 8. The van der Waals surface area contributed by atoms with Crippen LogP contribution in [0, 0.1) is 0 Å². The molecular weight excluding hydrogens is 406 g/mol. The van der Waals surface area contributed by atoms with Crippen molar-refractivity contribution in [1.29, 1.82) is 0 Å². The van der Waals surface area contributed by atoms with Gasteiger partial charge in [0.15, 0.2) is 0 Å². The molecule has 0 aliphatic carbocycles. The van der Waals surface area contributed by atoms with E-state index in [2.05, 4.69) is 0 Å². The maximum absolute atomic E-state index is 12.6. The number of carbonyl (C=O) groups is 1. The van der Waals surface area contributed by atoms with E-state index in [1.165, 1.54) is 10.4 Å². The van der Waals surface area contributed by atoms with E-state index in [-0.39, 0.29) is 11.5 Å². The van der Waals surface area contributed by atoms with Gasteiger partial charge in [-0.25, -0.2) is 13.2 Å². The van der Waals surface area contributed by atoms with Gasteiger partial charge in [-0.2, -0.15) is 4.31 Å². The minimum absolute atomic E-state index is 0.226. The molecule has 0 amide bonds. The summed E-state index contributed by atoms with van der Waals surface area (Å²) in [4.78, 5) is 12.1. The van der Waals surface area contributed by atoms with Crippen molar-refractivity contribution in [2.75, 3.05) is 40.0 Å². The smallest absolute Gasteiger partial charge is 0.330 e. The number of hydrogen-bond acceptors (Lipinski definition) is 6. The van der Waals surface area contributed by atoms with Gasteiger partial charge in [-0.3, -0.25) is 0 Å². The molecule has 0 atom stereocenters. The molecule has 0 unspecified atom stereocenters. The van der Waals surface area contributed by atoms with Crippen LogP contribution in [0.2, 0.25) is 0 Å². The zero-order valence-electron chi connectivity index (χ0n) is 16.8. The van der Waals surface area contributed by atoms with Crippen LogP contribution < -0.4 is 4.74 Å². The standard InChI is InChI=1S/C22H25NO6S/c1-27-20-7-2-19(3-8-20)12-15-29-22(24)11-6-18-4-9-21(10-5-18)30(25,26)23-13-16-28-17-14-23/h2-11H,12-17H2,1H3/b11-6+. The number of benzene rings is 2. The van der Waals surface area contributed by atoms with Crippen LogP contribution in [-0.4, -0.2) is 58.7 Å². The first-order valence-electron chi connectivity index (χ1n) is 9.65. The number of sulfonamides is 1. The highest BCUT2D eigenvalue weighted by molar-refractivity contribution is 7.89. The second-order valence-corrected chi connectivity index (χ2v) is 8.62. The molecule has 1 heterocycles. The summed E-state index contributed by atoms with van der Waals surface area (Å²) in [7, 11) is -1.91. The molecule has 1 fully saturated rings. The van der Waals surface area contributed by atoms with E-state index in [0.717, 1.165) is 11.3 Å². The molecule has 160 valence electrons. The zero-order chi connectivity index (χ0) is 21.4. The average Bonchev–Trinajstić information content (AvgIpc) is 2.79. The molecule has 0 radical (unpaired) electrons. The van der Waals surface area contributed by atoms with Crippen molar-refractivity contribution < 1.29 is 27.4 Å². The van der Waals surface area contributed by atoms with Gasteiger partial charge in [-0.05, 0) is 41.5 Å². The van der Waals surface area contributed by atoms with Gasteiger partial charge in [0.1, 0.15) is 5.75 Å². The molecule has 0 N–H and O–H groups in total. The Labute approximate surface area is 176 Å². The van der Waals surface area contributed by atoms with Gasteiger partial charge in [0.25, 0.3) is 0 Å². The second-order valence-electron chi connectivity index (χ2n) is 6.68. The van der Waals surface area contributed by atoms with Crippen molar-refractivity contribution in [3.63, 3.8) is 0 Å². The fraction of sp³-hybridized carbons (Fsp3) is 0.318. The fourth-order valence-electron chi connectivity index (χ4n) is 2.96. The molecule has 0 aromatic heterocycles. The lowest BCUT2D eigenvalue weighted by Crippen LogP contribution is -2.40. The summed E-state index contributed by atoms with van der Waals surface area (Å²) in [5.74, 6) is 0.330. The summed E-state index contributed by atoms with van der Waals surface area (Å²) in [6.07, 6.45) is 3.54. The predicted octanol–water partition coefficient (Wildman–Crippen LogP) is 2.52. The molecule has 2 aromatic carbocycles. The van der Waals surface area contributed by atoms with E-state index in [1.807, 2.05) is 24.3 Å². The van der Waals surface area contributed by atoms with Crippen molar-refractivity contribution in [3.8, 4) is 5.75 Å². The van der Waals surface area contributed by atoms with Crippen LogP contribution in [0.4, 0.5) is 0 Å². The third kappa shape index (κ3) is 5.91. The minimum atomic E-state index is -3.52. The molecule has 30 heavy (non-hydrogen) atoms. The Kier molecular flexibility index (Phi) is 7.62. The molecule has 2 aromatic rings.